The largest absolute Gasteiger partial charge is 0.454 e. The standard InChI is InChI=1S/C22H21F2N3O3S/c1-3-31(28,29)26-15-5-7-21(30-22-6-4-14(23)10-19(22)24)17(11-15)18-12-27(2)13-20-16(18)8-9-25-20/h4-12,25-26H,3,13H2,1-2H3. The maximum absolute atomic E-state index is 14.2. The minimum Gasteiger partial charge on any atom is -0.454 e. The second kappa shape index (κ2) is 8.07. The fraction of sp³-hybridized carbons (Fsp3) is 0.182. The first-order chi connectivity index (χ1) is 14.8. The van der Waals surface area contributed by atoms with Gasteiger partial charge in [-0.1, -0.05) is 0 Å². The van der Waals surface area contributed by atoms with Crippen molar-refractivity contribution in [3.63, 3.8) is 0 Å². The third-order valence-electron chi connectivity index (χ3n) is 4.92. The van der Waals surface area contributed by atoms with Crippen LogP contribution >= 0.6 is 0 Å². The highest BCUT2D eigenvalue weighted by Gasteiger charge is 2.22. The second-order valence-corrected chi connectivity index (χ2v) is 9.23. The van der Waals surface area contributed by atoms with Crippen molar-refractivity contribution < 1.29 is 21.9 Å². The molecule has 3 aromatic rings. The van der Waals surface area contributed by atoms with Gasteiger partial charge in [0.1, 0.15) is 11.6 Å². The van der Waals surface area contributed by atoms with E-state index < -0.39 is 21.7 Å². The first-order valence-corrected chi connectivity index (χ1v) is 11.3. The number of fused-ring (bicyclic) bond motifs is 1. The third-order valence-corrected chi connectivity index (χ3v) is 6.22. The number of benzene rings is 2. The Kier molecular flexibility index (Phi) is 5.45. The number of hydrogen-bond acceptors (Lipinski definition) is 4. The van der Waals surface area contributed by atoms with Gasteiger partial charge in [-0.3, -0.25) is 4.72 Å². The topological polar surface area (TPSA) is 74.4 Å². The van der Waals surface area contributed by atoms with Gasteiger partial charge in [0.25, 0.3) is 0 Å². The molecule has 2 N–H and O–H groups in total. The van der Waals surface area contributed by atoms with Crippen LogP contribution in [0.3, 0.4) is 0 Å². The van der Waals surface area contributed by atoms with E-state index in [1.54, 1.807) is 25.1 Å². The fourth-order valence-corrected chi connectivity index (χ4v) is 4.04. The molecule has 0 aliphatic carbocycles. The van der Waals surface area contributed by atoms with E-state index in [1.165, 1.54) is 6.07 Å². The summed E-state index contributed by atoms with van der Waals surface area (Å²) in [5, 5.41) is 0. The predicted molar refractivity (Wildman–Crippen MR) is 115 cm³/mol. The summed E-state index contributed by atoms with van der Waals surface area (Å²) in [5.74, 6) is -1.45. The molecule has 162 valence electrons. The monoisotopic (exact) mass is 445 g/mol. The highest BCUT2D eigenvalue weighted by Crippen LogP contribution is 2.39. The van der Waals surface area contributed by atoms with Crippen LogP contribution in [0.15, 0.2) is 54.9 Å². The first kappa shape index (κ1) is 20.9. The van der Waals surface area contributed by atoms with E-state index in [0.29, 0.717) is 23.5 Å². The summed E-state index contributed by atoms with van der Waals surface area (Å²) in [5.41, 5.74) is 3.61. The Hall–Kier alpha value is -3.33. The summed E-state index contributed by atoms with van der Waals surface area (Å²) in [6.07, 6.45) is 3.74. The zero-order chi connectivity index (χ0) is 22.2. The number of nitrogens with one attached hydrogen (secondary N) is 2. The number of ether oxygens (including phenoxy) is 1. The van der Waals surface area contributed by atoms with E-state index in [0.717, 1.165) is 29.0 Å². The normalized spacial score (nSPS) is 13.5. The number of nitrogens with zero attached hydrogens (tertiary/aromatic N) is 1. The van der Waals surface area contributed by atoms with Crippen molar-refractivity contribution in [3.8, 4) is 11.5 Å². The van der Waals surface area contributed by atoms with Crippen molar-refractivity contribution in [2.24, 2.45) is 0 Å². The molecule has 2 heterocycles. The molecule has 2 aromatic carbocycles. The summed E-state index contributed by atoms with van der Waals surface area (Å²) in [6, 6.07) is 9.73. The van der Waals surface area contributed by atoms with E-state index >= 15 is 0 Å². The first-order valence-electron chi connectivity index (χ1n) is 9.62. The minimum atomic E-state index is -3.49. The molecule has 0 saturated heterocycles. The van der Waals surface area contributed by atoms with Crippen molar-refractivity contribution in [3.05, 3.63) is 83.3 Å². The zero-order valence-electron chi connectivity index (χ0n) is 16.9. The van der Waals surface area contributed by atoms with Crippen LogP contribution in [-0.2, 0) is 16.6 Å². The van der Waals surface area contributed by atoms with Gasteiger partial charge in [0.05, 0.1) is 12.3 Å². The maximum atomic E-state index is 14.2. The minimum absolute atomic E-state index is 0.0746. The summed E-state index contributed by atoms with van der Waals surface area (Å²) < 4.78 is 60.0. The van der Waals surface area contributed by atoms with Crippen LogP contribution in [0, 0.1) is 11.6 Å². The lowest BCUT2D eigenvalue weighted by Crippen LogP contribution is -2.18. The molecule has 9 heteroatoms. The summed E-state index contributed by atoms with van der Waals surface area (Å²) in [7, 11) is -1.58. The number of aromatic amines is 1. The lowest BCUT2D eigenvalue weighted by Gasteiger charge is -2.25. The van der Waals surface area contributed by atoms with Gasteiger partial charge < -0.3 is 14.6 Å². The smallest absolute Gasteiger partial charge is 0.232 e. The number of sulfonamides is 1. The lowest BCUT2D eigenvalue weighted by atomic mass is 9.95. The molecule has 0 amide bonds. The molecule has 0 unspecified atom stereocenters. The molecule has 4 rings (SSSR count). The Balaban J connectivity index is 1.83. The zero-order valence-corrected chi connectivity index (χ0v) is 17.8. The Labute approximate surface area is 179 Å². The molecule has 1 aromatic heterocycles. The quantitative estimate of drug-likeness (QED) is 0.578. The molecule has 6 nitrogen and oxygen atoms in total. The number of hydrogen-bond donors (Lipinski definition) is 2. The van der Waals surface area contributed by atoms with Crippen LogP contribution in [0.25, 0.3) is 5.57 Å². The highest BCUT2D eigenvalue weighted by atomic mass is 32.2. The fourth-order valence-electron chi connectivity index (χ4n) is 3.41. The molecule has 0 spiro atoms. The summed E-state index contributed by atoms with van der Waals surface area (Å²) in [4.78, 5) is 5.17. The van der Waals surface area contributed by atoms with Crippen LogP contribution in [0.2, 0.25) is 0 Å². The molecule has 0 radical (unpaired) electrons. The summed E-state index contributed by atoms with van der Waals surface area (Å²) in [6.45, 7) is 2.22. The van der Waals surface area contributed by atoms with Crippen molar-refractivity contribution in [2.75, 3.05) is 17.5 Å². The van der Waals surface area contributed by atoms with Gasteiger partial charge in [0, 0.05) is 53.6 Å². The van der Waals surface area contributed by atoms with Gasteiger partial charge >= 0.3 is 0 Å². The molecule has 0 saturated carbocycles. The summed E-state index contributed by atoms with van der Waals surface area (Å²) >= 11 is 0. The van der Waals surface area contributed by atoms with Crippen LogP contribution in [0.4, 0.5) is 14.5 Å². The van der Waals surface area contributed by atoms with E-state index in [1.807, 2.05) is 30.4 Å². The molecule has 0 atom stereocenters. The molecule has 0 fully saturated rings. The highest BCUT2D eigenvalue weighted by molar-refractivity contribution is 7.92. The number of H-pyrrole nitrogens is 1. The van der Waals surface area contributed by atoms with Gasteiger partial charge in [0.2, 0.25) is 10.0 Å². The third kappa shape index (κ3) is 4.41. The Morgan fingerprint density at radius 2 is 1.87 bits per heavy atom. The van der Waals surface area contributed by atoms with Crippen molar-refractivity contribution in [2.45, 2.75) is 13.5 Å². The van der Waals surface area contributed by atoms with Crippen LogP contribution in [0.5, 0.6) is 11.5 Å². The van der Waals surface area contributed by atoms with Gasteiger partial charge in [-0.15, -0.1) is 0 Å². The Morgan fingerprint density at radius 1 is 1.10 bits per heavy atom. The molecular formula is C22H21F2N3O3S. The number of anilines is 1. The van der Waals surface area contributed by atoms with Gasteiger partial charge in [0.15, 0.2) is 11.6 Å². The van der Waals surface area contributed by atoms with Crippen molar-refractivity contribution in [1.82, 2.24) is 9.88 Å². The molecule has 1 aliphatic heterocycles. The van der Waals surface area contributed by atoms with Crippen molar-refractivity contribution in [1.29, 1.82) is 0 Å². The molecule has 31 heavy (non-hydrogen) atoms. The SMILES string of the molecule is CCS(=O)(=O)Nc1ccc(Oc2ccc(F)cc2F)c(C2=CN(C)Cc3[nH]ccc32)c1. The predicted octanol–water partition coefficient (Wildman–Crippen LogP) is 4.68. The Morgan fingerprint density at radius 3 is 2.61 bits per heavy atom. The van der Waals surface area contributed by atoms with Crippen LogP contribution in [-0.4, -0.2) is 31.1 Å². The molecular weight excluding hydrogens is 424 g/mol. The van der Waals surface area contributed by atoms with Gasteiger partial charge in [-0.2, -0.15) is 0 Å². The van der Waals surface area contributed by atoms with Crippen LogP contribution < -0.4 is 9.46 Å². The van der Waals surface area contributed by atoms with E-state index in [2.05, 4.69) is 9.71 Å². The average molecular weight is 445 g/mol. The van der Waals surface area contributed by atoms with E-state index in [9.17, 15) is 17.2 Å². The molecule has 1 aliphatic rings. The van der Waals surface area contributed by atoms with Crippen molar-refractivity contribution >= 4 is 21.3 Å². The average Bonchev–Trinajstić information content (AvgIpc) is 3.18. The molecule has 0 bridgehead atoms. The van der Waals surface area contributed by atoms with Crippen LogP contribution in [0.1, 0.15) is 23.7 Å². The number of rotatable bonds is 6. The van der Waals surface area contributed by atoms with Gasteiger partial charge in [-0.05, 0) is 43.3 Å². The van der Waals surface area contributed by atoms with Gasteiger partial charge in [-0.25, -0.2) is 17.2 Å². The lowest BCUT2D eigenvalue weighted by molar-refractivity contribution is 0.432. The second-order valence-electron chi connectivity index (χ2n) is 7.22. The number of aromatic nitrogens is 1. The van der Waals surface area contributed by atoms with E-state index in [-0.39, 0.29) is 11.5 Å². The maximum Gasteiger partial charge on any atom is 0.232 e. The van der Waals surface area contributed by atoms with E-state index in [4.69, 9.17) is 4.74 Å². The Bertz CT molecular complexity index is 1270. The number of halogens is 2.